The summed E-state index contributed by atoms with van der Waals surface area (Å²) < 4.78 is 7.37. The molecule has 2 aliphatic rings. The zero-order valence-corrected chi connectivity index (χ0v) is 18.5. The monoisotopic (exact) mass is 452 g/mol. The molecule has 4 heterocycles. The van der Waals surface area contributed by atoms with Gasteiger partial charge in [0.2, 0.25) is 0 Å². The minimum atomic E-state index is -0.526. The van der Waals surface area contributed by atoms with E-state index in [4.69, 9.17) is 14.9 Å². The summed E-state index contributed by atoms with van der Waals surface area (Å²) in [7, 11) is 0. The van der Waals surface area contributed by atoms with Crippen LogP contribution in [-0.2, 0) is 11.3 Å². The average molecular weight is 453 g/mol. The average Bonchev–Trinajstić information content (AvgIpc) is 3.43. The number of amides is 1. The number of carbonyl (C=O) groups excluding carboxylic acids is 1. The highest BCUT2D eigenvalue weighted by molar-refractivity contribution is 5.93. The number of hydroxylamine groups is 1. The summed E-state index contributed by atoms with van der Waals surface area (Å²) in [5, 5.41) is 13.8. The molecule has 2 unspecified atom stereocenters. The Hall–Kier alpha value is -3.08. The summed E-state index contributed by atoms with van der Waals surface area (Å²) in [6, 6.07) is 7.37. The second kappa shape index (κ2) is 9.05. The van der Waals surface area contributed by atoms with Gasteiger partial charge in [-0.2, -0.15) is 5.10 Å². The highest BCUT2D eigenvalue weighted by Gasteiger charge is 2.33. The number of fused-ring (bicyclic) bond motifs is 1. The molecule has 0 aliphatic carbocycles. The molecule has 3 N–H and O–H groups in total. The SMILES string of the molecule is CC1CN(Cc2ccc(C(=O)NO)cc2)CC1c1nc2c(cnn2C2CCOCC2)c(=O)[nH]1. The molecule has 2 aromatic heterocycles. The predicted molar refractivity (Wildman–Crippen MR) is 120 cm³/mol. The van der Waals surface area contributed by atoms with Gasteiger partial charge in [-0.1, -0.05) is 19.1 Å². The zero-order valence-electron chi connectivity index (χ0n) is 18.5. The maximum atomic E-state index is 12.8. The van der Waals surface area contributed by atoms with Crippen LogP contribution in [0.15, 0.2) is 35.3 Å². The van der Waals surface area contributed by atoms with Crippen molar-refractivity contribution in [3.05, 3.63) is 57.8 Å². The minimum Gasteiger partial charge on any atom is -0.381 e. The Balaban J connectivity index is 1.35. The van der Waals surface area contributed by atoms with Gasteiger partial charge in [0.1, 0.15) is 11.2 Å². The van der Waals surface area contributed by atoms with Crippen molar-refractivity contribution in [1.82, 2.24) is 30.1 Å². The Labute approximate surface area is 190 Å². The maximum Gasteiger partial charge on any atom is 0.274 e. The highest BCUT2D eigenvalue weighted by atomic mass is 16.5. The van der Waals surface area contributed by atoms with Crippen molar-refractivity contribution in [2.75, 3.05) is 26.3 Å². The molecule has 33 heavy (non-hydrogen) atoms. The second-order valence-corrected chi connectivity index (χ2v) is 9.04. The molecule has 2 saturated heterocycles. The number of H-pyrrole nitrogens is 1. The van der Waals surface area contributed by atoms with Crippen molar-refractivity contribution in [2.45, 2.75) is 38.3 Å². The molecule has 10 nitrogen and oxygen atoms in total. The van der Waals surface area contributed by atoms with Gasteiger partial charge >= 0.3 is 0 Å². The Kier molecular flexibility index (Phi) is 5.96. The van der Waals surface area contributed by atoms with E-state index in [0.717, 1.165) is 38.0 Å². The van der Waals surface area contributed by atoms with Crippen LogP contribution in [-0.4, -0.2) is 62.1 Å². The fourth-order valence-electron chi connectivity index (χ4n) is 4.96. The third-order valence-corrected chi connectivity index (χ3v) is 6.78. The van der Waals surface area contributed by atoms with E-state index in [0.29, 0.717) is 41.6 Å². The van der Waals surface area contributed by atoms with Crippen LogP contribution in [0.4, 0.5) is 0 Å². The molecule has 5 rings (SSSR count). The van der Waals surface area contributed by atoms with E-state index < -0.39 is 5.91 Å². The van der Waals surface area contributed by atoms with E-state index >= 15 is 0 Å². The summed E-state index contributed by atoms with van der Waals surface area (Å²) >= 11 is 0. The Morgan fingerprint density at radius 2 is 2.00 bits per heavy atom. The molecule has 2 aliphatic heterocycles. The summed E-state index contributed by atoms with van der Waals surface area (Å²) in [5.74, 6) is 0.622. The van der Waals surface area contributed by atoms with E-state index in [2.05, 4.69) is 21.9 Å². The van der Waals surface area contributed by atoms with Gasteiger partial charge in [-0.25, -0.2) is 15.1 Å². The molecule has 174 valence electrons. The van der Waals surface area contributed by atoms with Crippen LogP contribution in [0, 0.1) is 5.92 Å². The quantitative estimate of drug-likeness (QED) is 0.398. The molecule has 0 bridgehead atoms. The Morgan fingerprint density at radius 3 is 2.73 bits per heavy atom. The number of likely N-dealkylation sites (tertiary alicyclic amines) is 1. The number of hydrogen-bond donors (Lipinski definition) is 3. The van der Waals surface area contributed by atoms with E-state index in [-0.39, 0.29) is 17.5 Å². The number of aromatic amines is 1. The zero-order chi connectivity index (χ0) is 22.9. The van der Waals surface area contributed by atoms with Gasteiger partial charge in [0.05, 0.1) is 12.2 Å². The van der Waals surface area contributed by atoms with Crippen molar-refractivity contribution < 1.29 is 14.7 Å². The molecule has 0 radical (unpaired) electrons. The smallest absolute Gasteiger partial charge is 0.274 e. The molecule has 10 heteroatoms. The summed E-state index contributed by atoms with van der Waals surface area (Å²) in [5.41, 5.74) is 3.64. The standard InChI is InChI=1S/C23H28N6O4/c1-14-11-28(12-15-2-4-16(5-3-15)22(30)27-32)13-19(14)20-25-21-18(23(31)26-20)10-24-29(21)17-6-8-33-9-7-17/h2-5,10,14,17,19,32H,6-9,11-13H2,1H3,(H,27,30)(H,25,26,31). The molecule has 3 aromatic rings. The number of carbonyl (C=O) groups is 1. The van der Waals surface area contributed by atoms with Gasteiger partial charge in [-0.3, -0.25) is 19.7 Å². The van der Waals surface area contributed by atoms with Crippen LogP contribution < -0.4 is 11.0 Å². The van der Waals surface area contributed by atoms with E-state index in [9.17, 15) is 9.59 Å². The van der Waals surface area contributed by atoms with Crippen molar-refractivity contribution >= 4 is 16.9 Å². The first-order chi connectivity index (χ1) is 16.0. The molecular weight excluding hydrogens is 424 g/mol. The fourth-order valence-corrected chi connectivity index (χ4v) is 4.96. The molecule has 1 aromatic carbocycles. The second-order valence-electron chi connectivity index (χ2n) is 9.04. The summed E-state index contributed by atoms with van der Waals surface area (Å²) in [4.78, 5) is 34.6. The molecule has 0 spiro atoms. The first kappa shape index (κ1) is 21.7. The molecule has 1 amide bonds. The Morgan fingerprint density at radius 1 is 1.24 bits per heavy atom. The lowest BCUT2D eigenvalue weighted by atomic mass is 9.97. The van der Waals surface area contributed by atoms with Crippen LogP contribution >= 0.6 is 0 Å². The van der Waals surface area contributed by atoms with Crippen molar-refractivity contribution in [1.29, 1.82) is 0 Å². The highest BCUT2D eigenvalue weighted by Crippen LogP contribution is 2.32. The van der Waals surface area contributed by atoms with Crippen LogP contribution in [0.2, 0.25) is 0 Å². The first-order valence-corrected chi connectivity index (χ1v) is 11.3. The van der Waals surface area contributed by atoms with Crippen LogP contribution in [0.1, 0.15) is 53.5 Å². The van der Waals surface area contributed by atoms with Crippen LogP contribution in [0.5, 0.6) is 0 Å². The lowest BCUT2D eigenvalue weighted by Crippen LogP contribution is -2.23. The minimum absolute atomic E-state index is 0.111. The van der Waals surface area contributed by atoms with Crippen LogP contribution in [0.3, 0.4) is 0 Å². The summed E-state index contributed by atoms with van der Waals surface area (Å²) in [6.07, 6.45) is 3.35. The first-order valence-electron chi connectivity index (χ1n) is 11.3. The Bertz CT molecular complexity index is 1200. The van der Waals surface area contributed by atoms with Gasteiger partial charge in [0.15, 0.2) is 5.65 Å². The van der Waals surface area contributed by atoms with Crippen molar-refractivity contribution in [2.24, 2.45) is 5.92 Å². The number of benzene rings is 1. The number of ether oxygens (including phenoxy) is 1. The van der Waals surface area contributed by atoms with Gasteiger partial charge in [-0.05, 0) is 36.5 Å². The number of nitrogens with zero attached hydrogens (tertiary/aromatic N) is 4. The fraction of sp³-hybridized carbons (Fsp3) is 0.478. The molecular formula is C23H28N6O4. The van der Waals surface area contributed by atoms with Crippen molar-refractivity contribution in [3.63, 3.8) is 0 Å². The van der Waals surface area contributed by atoms with E-state index in [1.165, 1.54) is 0 Å². The van der Waals surface area contributed by atoms with E-state index in [1.807, 2.05) is 16.8 Å². The number of aromatic nitrogens is 4. The predicted octanol–water partition coefficient (Wildman–Crippen LogP) is 1.83. The van der Waals surface area contributed by atoms with Gasteiger partial charge in [0.25, 0.3) is 11.5 Å². The van der Waals surface area contributed by atoms with E-state index in [1.54, 1.807) is 23.8 Å². The van der Waals surface area contributed by atoms with Crippen LogP contribution in [0.25, 0.3) is 11.0 Å². The third-order valence-electron chi connectivity index (χ3n) is 6.78. The topological polar surface area (TPSA) is 125 Å². The largest absolute Gasteiger partial charge is 0.381 e. The van der Waals surface area contributed by atoms with Crippen molar-refractivity contribution in [3.8, 4) is 0 Å². The number of nitrogens with one attached hydrogen (secondary N) is 2. The normalized spacial score (nSPS) is 22.1. The molecule has 2 atom stereocenters. The maximum absolute atomic E-state index is 12.8. The lowest BCUT2D eigenvalue weighted by molar-refractivity contribution is 0.0673. The van der Waals surface area contributed by atoms with Gasteiger partial charge in [0, 0.05) is 44.3 Å². The van der Waals surface area contributed by atoms with Gasteiger partial charge in [-0.15, -0.1) is 0 Å². The summed E-state index contributed by atoms with van der Waals surface area (Å²) in [6.45, 7) is 5.96. The third kappa shape index (κ3) is 4.29. The number of rotatable bonds is 5. The molecule has 0 saturated carbocycles. The lowest BCUT2D eigenvalue weighted by Gasteiger charge is -2.23. The van der Waals surface area contributed by atoms with Gasteiger partial charge < -0.3 is 9.72 Å². The number of hydrogen-bond acceptors (Lipinski definition) is 7. The molecule has 2 fully saturated rings.